The van der Waals surface area contributed by atoms with Crippen LogP contribution >= 0.6 is 0 Å². The van der Waals surface area contributed by atoms with E-state index in [1.54, 1.807) is 0 Å². The molecule has 0 saturated heterocycles. The van der Waals surface area contributed by atoms with Gasteiger partial charge >= 0.3 is 0 Å². The van der Waals surface area contributed by atoms with E-state index in [2.05, 4.69) is 20.5 Å². The highest BCUT2D eigenvalue weighted by Crippen LogP contribution is 2.34. The molecule has 3 heterocycles. The van der Waals surface area contributed by atoms with E-state index >= 15 is 0 Å². The molecule has 0 spiro atoms. The molecule has 1 atom stereocenters. The summed E-state index contributed by atoms with van der Waals surface area (Å²) in [5.41, 5.74) is 2.60. The molecule has 2 aromatic heterocycles. The Bertz CT molecular complexity index is 959. The number of benzene rings is 1. The lowest BCUT2D eigenvalue weighted by Gasteiger charge is -2.24. The van der Waals surface area contributed by atoms with E-state index in [9.17, 15) is 0 Å². The summed E-state index contributed by atoms with van der Waals surface area (Å²) in [6, 6.07) is 8.01. The number of aromatic nitrogens is 5. The number of hydrogen-bond donors (Lipinski definition) is 0. The van der Waals surface area contributed by atoms with Crippen molar-refractivity contribution in [2.75, 3.05) is 6.61 Å². The van der Waals surface area contributed by atoms with E-state index in [0.717, 1.165) is 35.7 Å². The van der Waals surface area contributed by atoms with Crippen LogP contribution in [0.2, 0.25) is 0 Å². The lowest BCUT2D eigenvalue weighted by atomic mass is 9.89. The van der Waals surface area contributed by atoms with E-state index in [0.29, 0.717) is 37.3 Å². The van der Waals surface area contributed by atoms with Gasteiger partial charge in [0.2, 0.25) is 0 Å². The molecule has 29 heavy (non-hydrogen) atoms. The van der Waals surface area contributed by atoms with Crippen LogP contribution in [0.15, 0.2) is 28.8 Å². The second-order valence-electron chi connectivity index (χ2n) is 7.66. The molecule has 0 N–H and O–H groups in total. The number of rotatable bonds is 5. The molecule has 0 bridgehead atoms. The maximum Gasteiger partial charge on any atom is 0.280 e. The number of hydrogen-bond acceptors (Lipinski definition) is 7. The lowest BCUT2D eigenvalue weighted by Crippen LogP contribution is -2.22. The van der Waals surface area contributed by atoms with Crippen LogP contribution in [0, 0.1) is 0 Å². The Labute approximate surface area is 169 Å². The molecule has 0 radical (unpaired) electrons. The number of fused-ring (bicyclic) bond motifs is 1. The van der Waals surface area contributed by atoms with Crippen molar-refractivity contribution in [3.63, 3.8) is 0 Å². The second kappa shape index (κ2) is 7.94. The average molecular weight is 395 g/mol. The molecule has 0 unspecified atom stereocenters. The fraction of sp³-hybridized carbons (Fsp3) is 0.524. The van der Waals surface area contributed by atoms with Crippen LogP contribution in [0.4, 0.5) is 0 Å². The fourth-order valence-corrected chi connectivity index (χ4v) is 4.18. The van der Waals surface area contributed by atoms with E-state index in [1.807, 2.05) is 35.9 Å². The van der Waals surface area contributed by atoms with Gasteiger partial charge in [-0.15, -0.1) is 5.10 Å². The molecule has 8 nitrogen and oxygen atoms in total. The third-order valence-corrected chi connectivity index (χ3v) is 5.78. The summed E-state index contributed by atoms with van der Waals surface area (Å²) in [5, 5.41) is 12.8. The van der Waals surface area contributed by atoms with Gasteiger partial charge in [0, 0.05) is 5.92 Å². The highest BCUT2D eigenvalue weighted by molar-refractivity contribution is 5.50. The van der Waals surface area contributed by atoms with Crippen LogP contribution in [0.25, 0.3) is 11.6 Å². The van der Waals surface area contributed by atoms with Crippen LogP contribution in [0.1, 0.15) is 68.1 Å². The first-order valence-corrected chi connectivity index (χ1v) is 10.4. The highest BCUT2D eigenvalue weighted by Gasteiger charge is 2.29. The first kappa shape index (κ1) is 18.3. The standard InChI is InChI=1S/C21H25N5O3/c1-2-27-16-10-8-14(9-11-16)18-12-26-17(13-28-18)19(23-25-26)21-22-20(24-29-21)15-6-4-3-5-7-15/h8-11,15,18H,2-7,12-13H2,1H3/t18-/m1/s1. The van der Waals surface area contributed by atoms with Crippen molar-refractivity contribution >= 4 is 0 Å². The van der Waals surface area contributed by atoms with Gasteiger partial charge in [-0.05, 0) is 37.5 Å². The molecular formula is C21H25N5O3. The number of ether oxygens (including phenoxy) is 2. The summed E-state index contributed by atoms with van der Waals surface area (Å²) in [6.45, 7) is 3.63. The predicted octanol–water partition coefficient (Wildman–Crippen LogP) is 4.05. The Hall–Kier alpha value is -2.74. The van der Waals surface area contributed by atoms with Gasteiger partial charge in [-0.3, -0.25) is 0 Å². The van der Waals surface area contributed by atoms with Crippen molar-refractivity contribution in [2.45, 2.75) is 64.2 Å². The van der Waals surface area contributed by atoms with E-state index < -0.39 is 0 Å². The molecule has 1 fully saturated rings. The monoisotopic (exact) mass is 395 g/mol. The van der Waals surface area contributed by atoms with E-state index in [4.69, 9.17) is 14.0 Å². The van der Waals surface area contributed by atoms with Gasteiger partial charge in [-0.1, -0.05) is 41.8 Å². The Balaban J connectivity index is 1.32. The largest absolute Gasteiger partial charge is 0.494 e. The summed E-state index contributed by atoms with van der Waals surface area (Å²) in [5.74, 6) is 2.49. The molecule has 1 aromatic carbocycles. The SMILES string of the molecule is CCOc1ccc([C@H]2Cn3nnc(-c4nc(C5CCCCC5)no4)c3CO2)cc1. The molecule has 5 rings (SSSR count). The average Bonchev–Trinajstić information content (AvgIpc) is 3.42. The fourth-order valence-electron chi connectivity index (χ4n) is 4.18. The van der Waals surface area contributed by atoms with Crippen molar-refractivity contribution in [1.29, 1.82) is 0 Å². The van der Waals surface area contributed by atoms with Gasteiger partial charge < -0.3 is 14.0 Å². The normalized spacial score (nSPS) is 19.8. The Kier molecular flexibility index (Phi) is 5.01. The molecule has 152 valence electrons. The quantitative estimate of drug-likeness (QED) is 0.644. The topological polar surface area (TPSA) is 88.1 Å². The van der Waals surface area contributed by atoms with Crippen molar-refractivity contribution in [3.8, 4) is 17.3 Å². The van der Waals surface area contributed by atoms with Gasteiger partial charge in [-0.2, -0.15) is 4.98 Å². The smallest absolute Gasteiger partial charge is 0.280 e. The minimum atomic E-state index is -0.0757. The highest BCUT2D eigenvalue weighted by atomic mass is 16.5. The summed E-state index contributed by atoms with van der Waals surface area (Å²) in [6.07, 6.45) is 5.95. The first-order valence-electron chi connectivity index (χ1n) is 10.4. The maximum absolute atomic E-state index is 6.10. The van der Waals surface area contributed by atoms with E-state index in [1.165, 1.54) is 19.3 Å². The van der Waals surface area contributed by atoms with Gasteiger partial charge in [-0.25, -0.2) is 4.68 Å². The zero-order chi connectivity index (χ0) is 19.6. The van der Waals surface area contributed by atoms with Crippen LogP contribution in [0.3, 0.4) is 0 Å². The van der Waals surface area contributed by atoms with Gasteiger partial charge in [0.05, 0.1) is 25.5 Å². The first-order chi connectivity index (χ1) is 14.3. The molecule has 1 aliphatic carbocycles. The molecule has 8 heteroatoms. The van der Waals surface area contributed by atoms with Crippen molar-refractivity contribution in [3.05, 3.63) is 41.3 Å². The van der Waals surface area contributed by atoms with Crippen LogP contribution in [-0.4, -0.2) is 31.7 Å². The third kappa shape index (κ3) is 3.64. The molecule has 0 amide bonds. The van der Waals surface area contributed by atoms with Crippen molar-refractivity contribution in [2.24, 2.45) is 0 Å². The Morgan fingerprint density at radius 3 is 2.76 bits per heavy atom. The maximum atomic E-state index is 6.10. The summed E-state index contributed by atoms with van der Waals surface area (Å²) < 4.78 is 19.0. The molecule has 1 saturated carbocycles. The molecule has 1 aliphatic heterocycles. The second-order valence-corrected chi connectivity index (χ2v) is 7.66. The van der Waals surface area contributed by atoms with Gasteiger partial charge in [0.15, 0.2) is 11.5 Å². The zero-order valence-corrected chi connectivity index (χ0v) is 16.6. The predicted molar refractivity (Wildman–Crippen MR) is 104 cm³/mol. The zero-order valence-electron chi connectivity index (χ0n) is 16.6. The van der Waals surface area contributed by atoms with E-state index in [-0.39, 0.29) is 6.10 Å². The van der Waals surface area contributed by atoms with Crippen LogP contribution < -0.4 is 4.74 Å². The molecular weight excluding hydrogens is 370 g/mol. The van der Waals surface area contributed by atoms with Crippen LogP contribution in [0.5, 0.6) is 5.75 Å². The lowest BCUT2D eigenvalue weighted by molar-refractivity contribution is -0.00119. The summed E-state index contributed by atoms with van der Waals surface area (Å²) >= 11 is 0. The van der Waals surface area contributed by atoms with Gasteiger partial charge in [0.1, 0.15) is 11.9 Å². The Morgan fingerprint density at radius 2 is 1.97 bits per heavy atom. The Morgan fingerprint density at radius 1 is 1.14 bits per heavy atom. The summed E-state index contributed by atoms with van der Waals surface area (Å²) in [7, 11) is 0. The van der Waals surface area contributed by atoms with Crippen molar-refractivity contribution in [1.82, 2.24) is 25.1 Å². The third-order valence-electron chi connectivity index (χ3n) is 5.78. The molecule has 3 aromatic rings. The number of nitrogens with zero attached hydrogens (tertiary/aromatic N) is 5. The van der Waals surface area contributed by atoms with Crippen LogP contribution in [-0.2, 0) is 17.9 Å². The van der Waals surface area contributed by atoms with Crippen molar-refractivity contribution < 1.29 is 14.0 Å². The minimum Gasteiger partial charge on any atom is -0.494 e. The van der Waals surface area contributed by atoms with Gasteiger partial charge in [0.25, 0.3) is 5.89 Å². The minimum absolute atomic E-state index is 0.0757. The summed E-state index contributed by atoms with van der Waals surface area (Å²) in [4.78, 5) is 4.63. The molecule has 2 aliphatic rings.